The van der Waals surface area contributed by atoms with Crippen LogP contribution in [-0.4, -0.2) is 33.3 Å². The van der Waals surface area contributed by atoms with Crippen LogP contribution in [0.2, 0.25) is 5.02 Å². The van der Waals surface area contributed by atoms with Crippen LogP contribution in [0.5, 0.6) is 11.5 Å². The monoisotopic (exact) mass is 475 g/mol. The maximum absolute atomic E-state index is 12.6. The third-order valence-corrected chi connectivity index (χ3v) is 7.33. The number of anilines is 1. The summed E-state index contributed by atoms with van der Waals surface area (Å²) >= 11 is 7.25. The molecule has 1 N–H and O–H groups in total. The Morgan fingerprint density at radius 3 is 2.29 bits per heavy atom. The van der Waals surface area contributed by atoms with Crippen molar-refractivity contribution < 1.29 is 22.7 Å². The van der Waals surface area contributed by atoms with E-state index < -0.39 is 21.5 Å². The molecule has 0 aromatic heterocycles. The second kappa shape index (κ2) is 9.21. The van der Waals surface area contributed by atoms with Crippen LogP contribution in [0.4, 0.5) is 5.69 Å². The van der Waals surface area contributed by atoms with Gasteiger partial charge in [-0.15, -0.1) is 0 Å². The molecule has 6 nitrogen and oxygen atoms in total. The molecule has 0 radical (unpaired) electrons. The number of sulfone groups is 1. The van der Waals surface area contributed by atoms with Gasteiger partial charge >= 0.3 is 0 Å². The van der Waals surface area contributed by atoms with E-state index in [9.17, 15) is 13.2 Å². The highest BCUT2D eigenvalue weighted by atomic mass is 35.5. The molecule has 3 aromatic carbocycles. The van der Waals surface area contributed by atoms with Gasteiger partial charge in [0.05, 0.1) is 10.6 Å². The molecule has 160 valence electrons. The maximum atomic E-state index is 12.6. The quantitative estimate of drug-likeness (QED) is 0.557. The van der Waals surface area contributed by atoms with Gasteiger partial charge in [0.2, 0.25) is 5.91 Å². The van der Waals surface area contributed by atoms with Gasteiger partial charge in [0, 0.05) is 26.9 Å². The second-order valence-electron chi connectivity index (χ2n) is 6.67. The van der Waals surface area contributed by atoms with E-state index in [1.807, 2.05) is 30.3 Å². The maximum Gasteiger partial charge on any atom is 0.239 e. The number of benzene rings is 3. The number of carbonyl (C=O) groups is 1. The van der Waals surface area contributed by atoms with Crippen LogP contribution in [0.1, 0.15) is 0 Å². The van der Waals surface area contributed by atoms with Crippen molar-refractivity contribution in [2.24, 2.45) is 0 Å². The van der Waals surface area contributed by atoms with Crippen molar-refractivity contribution in [1.29, 1.82) is 0 Å². The van der Waals surface area contributed by atoms with E-state index in [2.05, 4.69) is 5.32 Å². The summed E-state index contributed by atoms with van der Waals surface area (Å²) in [4.78, 5) is 14.4. The Morgan fingerprint density at radius 1 is 0.968 bits per heavy atom. The van der Waals surface area contributed by atoms with Gasteiger partial charge in [0.15, 0.2) is 21.3 Å². The van der Waals surface area contributed by atoms with E-state index in [4.69, 9.17) is 21.1 Å². The molecule has 1 aliphatic heterocycles. The Balaban J connectivity index is 1.58. The fourth-order valence-corrected chi connectivity index (χ4v) is 5.15. The third-order valence-electron chi connectivity index (χ3n) is 4.38. The molecule has 9 heteroatoms. The minimum absolute atomic E-state index is 0.0353. The largest absolute Gasteiger partial charge is 0.486 e. The Kier molecular flexibility index (Phi) is 6.41. The number of hydrogen-bond donors (Lipinski definition) is 1. The highest BCUT2D eigenvalue weighted by Gasteiger charge is 2.22. The van der Waals surface area contributed by atoms with Gasteiger partial charge in [-0.1, -0.05) is 41.6 Å². The summed E-state index contributed by atoms with van der Waals surface area (Å²) in [6.07, 6.45) is 0. The van der Waals surface area contributed by atoms with Gasteiger partial charge < -0.3 is 14.8 Å². The molecule has 1 amide bonds. The van der Waals surface area contributed by atoms with Gasteiger partial charge in [0.25, 0.3) is 0 Å². The van der Waals surface area contributed by atoms with Crippen LogP contribution in [0, 0.1) is 0 Å². The highest BCUT2D eigenvalue weighted by molar-refractivity contribution is 7.99. The van der Waals surface area contributed by atoms with E-state index in [-0.39, 0.29) is 4.90 Å². The molecular weight excluding hydrogens is 458 g/mol. The molecule has 1 heterocycles. The predicted octanol–water partition coefficient (Wildman–Crippen LogP) is 4.67. The van der Waals surface area contributed by atoms with Gasteiger partial charge in [-0.25, -0.2) is 8.42 Å². The van der Waals surface area contributed by atoms with E-state index in [1.54, 1.807) is 12.1 Å². The summed E-state index contributed by atoms with van der Waals surface area (Å²) in [5.74, 6) is -0.268. The summed E-state index contributed by atoms with van der Waals surface area (Å²) in [5.41, 5.74) is 0.453. The molecule has 31 heavy (non-hydrogen) atoms. The van der Waals surface area contributed by atoms with E-state index in [0.29, 0.717) is 40.3 Å². The normalized spacial score (nSPS) is 12.9. The first-order valence-corrected chi connectivity index (χ1v) is 12.2. The molecule has 0 aliphatic carbocycles. The Labute approximate surface area is 189 Å². The van der Waals surface area contributed by atoms with Crippen molar-refractivity contribution >= 4 is 44.8 Å². The van der Waals surface area contributed by atoms with E-state index >= 15 is 0 Å². The van der Waals surface area contributed by atoms with Crippen LogP contribution in [0.3, 0.4) is 0 Å². The average molecular weight is 476 g/mol. The molecule has 0 saturated carbocycles. The van der Waals surface area contributed by atoms with Crippen molar-refractivity contribution in [1.82, 2.24) is 0 Å². The number of amides is 1. The fraction of sp³-hybridized carbons (Fsp3) is 0.136. The predicted molar refractivity (Wildman–Crippen MR) is 120 cm³/mol. The number of rotatable bonds is 6. The fourth-order valence-electron chi connectivity index (χ4n) is 2.95. The lowest BCUT2D eigenvalue weighted by Crippen LogP contribution is -2.23. The van der Waals surface area contributed by atoms with Gasteiger partial charge in [-0.3, -0.25) is 4.79 Å². The van der Waals surface area contributed by atoms with Crippen molar-refractivity contribution in [3.8, 4) is 11.5 Å². The Hall–Kier alpha value is -2.68. The molecule has 0 atom stereocenters. The van der Waals surface area contributed by atoms with E-state index in [1.165, 1.54) is 36.0 Å². The lowest BCUT2D eigenvalue weighted by molar-refractivity contribution is -0.113. The number of ether oxygens (including phenoxy) is 2. The SMILES string of the molecule is O=C(CS(=O)(=O)c1ccc(Cl)cc1)Nc1cc2c(cc1Sc1ccccc1)OCCO2. The van der Waals surface area contributed by atoms with Crippen LogP contribution in [-0.2, 0) is 14.6 Å². The average Bonchev–Trinajstić information content (AvgIpc) is 2.75. The molecule has 0 spiro atoms. The summed E-state index contributed by atoms with van der Waals surface area (Å²) in [5, 5.41) is 3.14. The lowest BCUT2D eigenvalue weighted by atomic mass is 10.2. The first-order chi connectivity index (χ1) is 14.9. The van der Waals surface area contributed by atoms with Gasteiger partial charge in [-0.05, 0) is 36.4 Å². The number of halogens is 1. The summed E-state index contributed by atoms with van der Waals surface area (Å²) < 4.78 is 36.5. The number of carbonyl (C=O) groups excluding carboxylic acids is 1. The first kappa shape index (κ1) is 21.5. The third kappa shape index (κ3) is 5.33. The molecule has 0 unspecified atom stereocenters. The Bertz CT molecular complexity index is 1200. The van der Waals surface area contributed by atoms with Crippen LogP contribution in [0.25, 0.3) is 0 Å². The number of hydrogen-bond acceptors (Lipinski definition) is 6. The van der Waals surface area contributed by atoms with Crippen LogP contribution in [0.15, 0.2) is 81.4 Å². The van der Waals surface area contributed by atoms with Gasteiger partial charge in [-0.2, -0.15) is 0 Å². The zero-order chi connectivity index (χ0) is 21.8. The summed E-state index contributed by atoms with van der Waals surface area (Å²) in [6.45, 7) is 0.837. The second-order valence-corrected chi connectivity index (χ2v) is 10.2. The molecular formula is C22H18ClNO5S2. The highest BCUT2D eigenvalue weighted by Crippen LogP contribution is 2.42. The lowest BCUT2D eigenvalue weighted by Gasteiger charge is -2.21. The van der Waals surface area contributed by atoms with Crippen LogP contribution < -0.4 is 14.8 Å². The zero-order valence-electron chi connectivity index (χ0n) is 16.2. The summed E-state index contributed by atoms with van der Waals surface area (Å²) in [6, 6.07) is 18.8. The summed E-state index contributed by atoms with van der Waals surface area (Å²) in [7, 11) is -3.82. The molecule has 0 saturated heterocycles. The molecule has 0 bridgehead atoms. The Morgan fingerprint density at radius 2 is 1.61 bits per heavy atom. The zero-order valence-corrected chi connectivity index (χ0v) is 18.6. The van der Waals surface area contributed by atoms with Crippen LogP contribution >= 0.6 is 23.4 Å². The van der Waals surface area contributed by atoms with E-state index in [0.717, 1.165) is 4.90 Å². The minimum Gasteiger partial charge on any atom is -0.486 e. The molecule has 4 rings (SSSR count). The minimum atomic E-state index is -3.82. The number of fused-ring (bicyclic) bond motifs is 1. The first-order valence-electron chi connectivity index (χ1n) is 9.35. The number of nitrogens with one attached hydrogen (secondary N) is 1. The smallest absolute Gasteiger partial charge is 0.239 e. The van der Waals surface area contributed by atoms with Crippen molar-refractivity contribution in [3.05, 3.63) is 71.8 Å². The molecule has 0 fully saturated rings. The molecule has 1 aliphatic rings. The topological polar surface area (TPSA) is 81.7 Å². The van der Waals surface area contributed by atoms with Crippen molar-refractivity contribution in [3.63, 3.8) is 0 Å². The van der Waals surface area contributed by atoms with Crippen molar-refractivity contribution in [2.75, 3.05) is 24.3 Å². The molecule has 3 aromatic rings. The van der Waals surface area contributed by atoms with Crippen molar-refractivity contribution in [2.45, 2.75) is 14.7 Å². The standard InChI is InChI=1S/C22H18ClNO5S2/c23-15-6-8-17(9-7-15)31(26,27)14-22(25)24-18-12-19-20(29-11-10-28-19)13-21(18)30-16-4-2-1-3-5-16/h1-9,12-13H,10-11,14H2,(H,24,25). The van der Waals surface area contributed by atoms with Gasteiger partial charge in [0.1, 0.15) is 19.0 Å².